The van der Waals surface area contributed by atoms with Gasteiger partial charge >= 0.3 is 0 Å². The summed E-state index contributed by atoms with van der Waals surface area (Å²) < 4.78 is 22.7. The number of nitrogens with zero attached hydrogens (tertiary/aromatic N) is 1. The minimum atomic E-state index is -2.87. The largest absolute Gasteiger partial charge is 0.399 e. The van der Waals surface area contributed by atoms with Crippen LogP contribution in [0.3, 0.4) is 0 Å². The lowest BCUT2D eigenvalue weighted by Crippen LogP contribution is -2.41. The molecule has 1 aromatic carbocycles. The Labute approximate surface area is 125 Å². The quantitative estimate of drug-likeness (QED) is 0.796. The SMILES string of the molecule is Cc1ccc(N)cc1NC(=O)CCN1CCS(=O)(=O)CC1. The predicted octanol–water partition coefficient (Wildman–Crippen LogP) is 0.636. The first-order valence-electron chi connectivity index (χ1n) is 6.94. The van der Waals surface area contributed by atoms with Crippen molar-refractivity contribution in [3.8, 4) is 0 Å². The number of hydrogen-bond donors (Lipinski definition) is 2. The second-order valence-corrected chi connectivity index (χ2v) is 7.67. The number of hydrogen-bond acceptors (Lipinski definition) is 5. The molecule has 1 saturated heterocycles. The highest BCUT2D eigenvalue weighted by molar-refractivity contribution is 7.91. The monoisotopic (exact) mass is 311 g/mol. The van der Waals surface area contributed by atoms with Gasteiger partial charge in [0.25, 0.3) is 0 Å². The van der Waals surface area contributed by atoms with Crippen LogP contribution in [0.15, 0.2) is 18.2 Å². The average Bonchev–Trinajstić information content (AvgIpc) is 2.42. The maximum Gasteiger partial charge on any atom is 0.225 e. The summed E-state index contributed by atoms with van der Waals surface area (Å²) in [5, 5.41) is 2.84. The molecule has 0 radical (unpaired) electrons. The van der Waals surface area contributed by atoms with Gasteiger partial charge in [-0.1, -0.05) is 6.07 Å². The molecule has 21 heavy (non-hydrogen) atoms. The summed E-state index contributed by atoms with van der Waals surface area (Å²) in [5.74, 6) is 0.281. The molecule has 0 bridgehead atoms. The van der Waals surface area contributed by atoms with Crippen molar-refractivity contribution < 1.29 is 13.2 Å². The van der Waals surface area contributed by atoms with E-state index in [2.05, 4.69) is 5.32 Å². The van der Waals surface area contributed by atoms with Gasteiger partial charge < -0.3 is 16.0 Å². The van der Waals surface area contributed by atoms with E-state index in [0.29, 0.717) is 31.7 Å². The zero-order chi connectivity index (χ0) is 15.5. The lowest BCUT2D eigenvalue weighted by atomic mass is 10.2. The standard InChI is InChI=1S/C14H21N3O3S/c1-11-2-3-12(15)10-13(11)16-14(18)4-5-17-6-8-21(19,20)9-7-17/h2-3,10H,4-9,15H2,1H3,(H,16,18). The number of nitrogen functional groups attached to an aromatic ring is 1. The van der Waals surface area contributed by atoms with Crippen molar-refractivity contribution in [2.45, 2.75) is 13.3 Å². The Morgan fingerprint density at radius 3 is 2.67 bits per heavy atom. The van der Waals surface area contributed by atoms with Crippen molar-refractivity contribution in [3.63, 3.8) is 0 Å². The number of rotatable bonds is 4. The number of benzene rings is 1. The first-order chi connectivity index (χ1) is 9.85. The maximum absolute atomic E-state index is 11.9. The summed E-state index contributed by atoms with van der Waals surface area (Å²) >= 11 is 0. The van der Waals surface area contributed by atoms with Crippen molar-refractivity contribution >= 4 is 27.1 Å². The van der Waals surface area contributed by atoms with Gasteiger partial charge in [-0.15, -0.1) is 0 Å². The molecule has 1 aliphatic rings. The van der Waals surface area contributed by atoms with Crippen molar-refractivity contribution in [1.82, 2.24) is 4.90 Å². The van der Waals surface area contributed by atoms with Crippen LogP contribution in [0.25, 0.3) is 0 Å². The number of sulfone groups is 1. The predicted molar refractivity (Wildman–Crippen MR) is 83.9 cm³/mol. The fourth-order valence-corrected chi connectivity index (χ4v) is 3.50. The third kappa shape index (κ3) is 4.71. The molecule has 6 nitrogen and oxygen atoms in total. The molecule has 0 unspecified atom stereocenters. The van der Waals surface area contributed by atoms with Crippen LogP contribution in [0.5, 0.6) is 0 Å². The Morgan fingerprint density at radius 2 is 2.00 bits per heavy atom. The Bertz CT molecular complexity index is 614. The zero-order valence-electron chi connectivity index (χ0n) is 12.1. The molecule has 0 aromatic heterocycles. The molecule has 1 aliphatic heterocycles. The van der Waals surface area contributed by atoms with Crippen LogP contribution in [0.4, 0.5) is 11.4 Å². The van der Waals surface area contributed by atoms with Gasteiger partial charge in [0.1, 0.15) is 0 Å². The Hall–Kier alpha value is -1.60. The van der Waals surface area contributed by atoms with E-state index in [1.807, 2.05) is 17.9 Å². The van der Waals surface area contributed by atoms with Crippen LogP contribution >= 0.6 is 0 Å². The number of amides is 1. The average molecular weight is 311 g/mol. The van der Waals surface area contributed by atoms with E-state index in [4.69, 9.17) is 5.73 Å². The van der Waals surface area contributed by atoms with Crippen molar-refractivity contribution in [1.29, 1.82) is 0 Å². The molecule has 2 rings (SSSR count). The third-order valence-electron chi connectivity index (χ3n) is 3.63. The van der Waals surface area contributed by atoms with Crippen LogP contribution in [0, 0.1) is 6.92 Å². The van der Waals surface area contributed by atoms with Crippen LogP contribution in [-0.2, 0) is 14.6 Å². The van der Waals surface area contributed by atoms with Gasteiger partial charge in [0.15, 0.2) is 9.84 Å². The first kappa shape index (κ1) is 15.8. The van der Waals surface area contributed by atoms with Crippen LogP contribution < -0.4 is 11.1 Å². The van der Waals surface area contributed by atoms with Gasteiger partial charge in [-0.05, 0) is 24.6 Å². The smallest absolute Gasteiger partial charge is 0.225 e. The number of nitrogens with two attached hydrogens (primary N) is 1. The van der Waals surface area contributed by atoms with E-state index in [1.54, 1.807) is 12.1 Å². The van der Waals surface area contributed by atoms with Crippen molar-refractivity contribution in [2.24, 2.45) is 0 Å². The molecular weight excluding hydrogens is 290 g/mol. The number of aryl methyl sites for hydroxylation is 1. The summed E-state index contributed by atoms with van der Waals surface area (Å²) in [5.41, 5.74) is 7.99. The van der Waals surface area contributed by atoms with Crippen LogP contribution in [0.1, 0.15) is 12.0 Å². The zero-order valence-corrected chi connectivity index (χ0v) is 12.9. The Kier molecular flexibility index (Phi) is 4.84. The van der Waals surface area contributed by atoms with Gasteiger partial charge in [-0.3, -0.25) is 4.79 Å². The fraction of sp³-hybridized carbons (Fsp3) is 0.500. The second kappa shape index (κ2) is 6.44. The number of nitrogens with one attached hydrogen (secondary N) is 1. The highest BCUT2D eigenvalue weighted by Gasteiger charge is 2.21. The molecule has 0 aliphatic carbocycles. The second-order valence-electron chi connectivity index (χ2n) is 5.37. The highest BCUT2D eigenvalue weighted by atomic mass is 32.2. The summed E-state index contributed by atoms with van der Waals surface area (Å²) in [6.07, 6.45) is 0.342. The molecule has 3 N–H and O–H groups in total. The molecule has 1 amide bonds. The molecule has 0 saturated carbocycles. The number of anilines is 2. The van der Waals surface area contributed by atoms with Gasteiger partial charge in [-0.25, -0.2) is 8.42 Å². The van der Waals surface area contributed by atoms with Crippen molar-refractivity contribution in [2.75, 3.05) is 42.2 Å². The van der Waals surface area contributed by atoms with Crippen LogP contribution in [-0.4, -0.2) is 50.4 Å². The van der Waals surface area contributed by atoms with E-state index >= 15 is 0 Å². The van der Waals surface area contributed by atoms with E-state index in [9.17, 15) is 13.2 Å². The molecule has 7 heteroatoms. The van der Waals surface area contributed by atoms with E-state index < -0.39 is 9.84 Å². The van der Waals surface area contributed by atoms with Gasteiger partial charge in [0.2, 0.25) is 5.91 Å². The Morgan fingerprint density at radius 1 is 1.33 bits per heavy atom. The topological polar surface area (TPSA) is 92.5 Å². The Balaban J connectivity index is 1.81. The van der Waals surface area contributed by atoms with Gasteiger partial charge in [-0.2, -0.15) is 0 Å². The van der Waals surface area contributed by atoms with Crippen molar-refractivity contribution in [3.05, 3.63) is 23.8 Å². The molecule has 116 valence electrons. The van der Waals surface area contributed by atoms with E-state index in [-0.39, 0.29) is 17.4 Å². The summed E-state index contributed by atoms with van der Waals surface area (Å²) in [6, 6.07) is 5.39. The van der Waals surface area contributed by atoms with E-state index in [1.165, 1.54) is 0 Å². The number of carbonyl (C=O) groups is 1. The maximum atomic E-state index is 11.9. The van der Waals surface area contributed by atoms with E-state index in [0.717, 1.165) is 11.3 Å². The number of carbonyl (C=O) groups excluding carboxylic acids is 1. The lowest BCUT2D eigenvalue weighted by molar-refractivity contribution is -0.116. The first-order valence-corrected chi connectivity index (χ1v) is 8.77. The molecule has 1 heterocycles. The summed E-state index contributed by atoms with van der Waals surface area (Å²) in [6.45, 7) is 3.49. The molecule has 1 aromatic rings. The fourth-order valence-electron chi connectivity index (χ4n) is 2.22. The molecule has 0 atom stereocenters. The summed E-state index contributed by atoms with van der Waals surface area (Å²) in [7, 11) is -2.87. The minimum Gasteiger partial charge on any atom is -0.399 e. The third-order valence-corrected chi connectivity index (χ3v) is 5.24. The van der Waals surface area contributed by atoms with Gasteiger partial charge in [0, 0.05) is 37.4 Å². The normalized spacial score (nSPS) is 18.3. The molecule has 1 fully saturated rings. The molecular formula is C14H21N3O3S. The lowest BCUT2D eigenvalue weighted by Gasteiger charge is -2.26. The minimum absolute atomic E-state index is 0.0860. The van der Waals surface area contributed by atoms with Gasteiger partial charge in [0.05, 0.1) is 11.5 Å². The summed E-state index contributed by atoms with van der Waals surface area (Å²) in [4.78, 5) is 14.0. The van der Waals surface area contributed by atoms with Crippen LogP contribution in [0.2, 0.25) is 0 Å². The molecule has 0 spiro atoms. The highest BCUT2D eigenvalue weighted by Crippen LogP contribution is 2.18.